The third kappa shape index (κ3) is 4.17. The molecule has 0 aliphatic carbocycles. The van der Waals surface area contributed by atoms with Crippen LogP contribution >= 0.6 is 11.3 Å². The molecule has 6 rings (SSSR count). The van der Waals surface area contributed by atoms with Crippen molar-refractivity contribution in [3.63, 3.8) is 0 Å². The molecule has 0 unspecified atom stereocenters. The van der Waals surface area contributed by atoms with E-state index in [4.69, 9.17) is 0 Å². The van der Waals surface area contributed by atoms with Gasteiger partial charge in [-0.15, -0.1) is 11.3 Å². The fraction of sp³-hybridized carbons (Fsp3) is 0.111. The summed E-state index contributed by atoms with van der Waals surface area (Å²) in [5, 5.41) is 12.2. The first-order valence-electron chi connectivity index (χ1n) is 11.7. The molecule has 3 N–H and O–H groups in total. The maximum Gasteiger partial charge on any atom is 0.224 e. The molecule has 0 spiro atoms. The molecular weight excluding hydrogens is 486 g/mol. The Morgan fingerprint density at radius 2 is 1.81 bits per heavy atom. The van der Waals surface area contributed by atoms with Crippen LogP contribution in [0.3, 0.4) is 0 Å². The van der Waals surface area contributed by atoms with E-state index in [-0.39, 0.29) is 11.7 Å². The molecule has 6 heterocycles. The van der Waals surface area contributed by atoms with Gasteiger partial charge in [0.25, 0.3) is 0 Å². The lowest BCUT2D eigenvalue weighted by Gasteiger charge is -2.06. The molecule has 0 radical (unpaired) electrons. The van der Waals surface area contributed by atoms with Gasteiger partial charge in [0, 0.05) is 57.4 Å². The summed E-state index contributed by atoms with van der Waals surface area (Å²) in [6.45, 7) is 3.37. The number of rotatable bonds is 6. The predicted molar refractivity (Wildman–Crippen MR) is 144 cm³/mol. The number of pyridine rings is 3. The smallest absolute Gasteiger partial charge is 0.224 e. The number of nitrogens with one attached hydrogen (secondary N) is 3. The predicted octanol–water partition coefficient (Wildman–Crippen LogP) is 5.84. The molecule has 0 aliphatic heterocycles. The van der Waals surface area contributed by atoms with E-state index >= 15 is 0 Å². The molecule has 0 aromatic carbocycles. The molecule has 9 nitrogen and oxygen atoms in total. The van der Waals surface area contributed by atoms with E-state index < -0.39 is 0 Å². The summed E-state index contributed by atoms with van der Waals surface area (Å²) >= 11 is 1.46. The van der Waals surface area contributed by atoms with E-state index in [1.54, 1.807) is 38.6 Å². The van der Waals surface area contributed by atoms with Crippen LogP contribution in [0.15, 0.2) is 61.3 Å². The third-order valence-electron chi connectivity index (χ3n) is 6.11. The Morgan fingerprint density at radius 1 is 0.973 bits per heavy atom. The number of nitrogens with zero attached hydrogens (tertiary/aromatic N) is 4. The maximum atomic E-state index is 11.8. The number of thiophene rings is 1. The normalized spacial score (nSPS) is 11.3. The number of aromatic amines is 2. The summed E-state index contributed by atoms with van der Waals surface area (Å²) < 4.78 is 0. The average Bonchev–Trinajstić information content (AvgIpc) is 3.66. The molecule has 0 aliphatic rings. The highest BCUT2D eigenvalue weighted by molar-refractivity contribution is 7.17. The van der Waals surface area contributed by atoms with Crippen LogP contribution in [0, 0.1) is 0 Å². The number of H-pyrrole nitrogens is 2. The van der Waals surface area contributed by atoms with Crippen LogP contribution in [-0.4, -0.2) is 41.8 Å². The standard InChI is InChI=1S/C27H21N7O2S/c1-3-25(36)31-17-6-15(9-28-11-17)16-7-19-26(33-34-27(19)30-10-16)21-8-18-20(12-29-13-22(18)32-21)24-5-4-23(37-24)14(2)35/h4-13,32H,3H2,1-2H3,(H,31,36)(H,30,33,34). The third-order valence-corrected chi connectivity index (χ3v) is 7.33. The fourth-order valence-electron chi connectivity index (χ4n) is 4.23. The highest BCUT2D eigenvalue weighted by Crippen LogP contribution is 2.36. The van der Waals surface area contributed by atoms with Crippen molar-refractivity contribution in [2.75, 3.05) is 5.32 Å². The van der Waals surface area contributed by atoms with Crippen molar-refractivity contribution < 1.29 is 9.59 Å². The number of amides is 1. The second-order valence-corrected chi connectivity index (χ2v) is 9.69. The number of ketones is 1. The Balaban J connectivity index is 1.42. The van der Waals surface area contributed by atoms with E-state index in [0.29, 0.717) is 22.6 Å². The Hall–Kier alpha value is -4.70. The SMILES string of the molecule is CCC(=O)Nc1cncc(-c2cnc3[nH]nc(-c4cc5c(-c6ccc(C(C)=O)s6)cncc5[nH]4)c3c2)c1. The fourth-order valence-corrected chi connectivity index (χ4v) is 5.15. The van der Waals surface area contributed by atoms with Gasteiger partial charge < -0.3 is 10.3 Å². The molecule has 0 fully saturated rings. The van der Waals surface area contributed by atoms with Crippen molar-refractivity contribution in [3.05, 3.63) is 66.2 Å². The number of aromatic nitrogens is 6. The van der Waals surface area contributed by atoms with Gasteiger partial charge in [-0.3, -0.25) is 24.7 Å². The van der Waals surface area contributed by atoms with Crippen molar-refractivity contribution in [3.8, 4) is 33.0 Å². The van der Waals surface area contributed by atoms with Crippen LogP contribution in [-0.2, 0) is 4.79 Å². The lowest BCUT2D eigenvalue weighted by Crippen LogP contribution is -2.09. The minimum atomic E-state index is -0.0719. The van der Waals surface area contributed by atoms with E-state index in [9.17, 15) is 9.59 Å². The van der Waals surface area contributed by atoms with Gasteiger partial charge in [0.1, 0.15) is 5.69 Å². The molecule has 0 saturated carbocycles. The molecule has 0 atom stereocenters. The van der Waals surface area contributed by atoms with Gasteiger partial charge in [0.05, 0.1) is 34.2 Å². The van der Waals surface area contributed by atoms with Gasteiger partial charge in [0.2, 0.25) is 5.91 Å². The maximum absolute atomic E-state index is 11.8. The summed E-state index contributed by atoms with van der Waals surface area (Å²) in [6, 6.07) is 9.73. The zero-order valence-corrected chi connectivity index (χ0v) is 20.8. The van der Waals surface area contributed by atoms with E-state index in [0.717, 1.165) is 49.2 Å². The Morgan fingerprint density at radius 3 is 2.62 bits per heavy atom. The molecule has 0 saturated heterocycles. The topological polar surface area (TPSA) is 129 Å². The first-order chi connectivity index (χ1) is 18.0. The van der Waals surface area contributed by atoms with Crippen LogP contribution in [0.25, 0.3) is 54.9 Å². The minimum absolute atomic E-state index is 0.0471. The molecule has 10 heteroatoms. The summed E-state index contributed by atoms with van der Waals surface area (Å²) in [7, 11) is 0. The Kier molecular flexibility index (Phi) is 5.57. The van der Waals surface area contributed by atoms with Crippen LogP contribution in [0.2, 0.25) is 0 Å². The second-order valence-electron chi connectivity index (χ2n) is 8.61. The minimum Gasteiger partial charge on any atom is -0.352 e. The first kappa shape index (κ1) is 22.7. The van der Waals surface area contributed by atoms with Crippen molar-refractivity contribution in [2.45, 2.75) is 20.3 Å². The molecule has 1 amide bonds. The van der Waals surface area contributed by atoms with Gasteiger partial charge in [0.15, 0.2) is 11.4 Å². The number of carbonyl (C=O) groups excluding carboxylic acids is 2. The highest BCUT2D eigenvalue weighted by Gasteiger charge is 2.16. The second kappa shape index (κ2) is 9.07. The van der Waals surface area contributed by atoms with Crippen LogP contribution in [0.4, 0.5) is 5.69 Å². The zero-order valence-electron chi connectivity index (χ0n) is 20.0. The van der Waals surface area contributed by atoms with E-state index in [1.807, 2.05) is 36.5 Å². The Labute approximate surface area is 215 Å². The molecule has 6 aromatic heterocycles. The van der Waals surface area contributed by atoms with Crippen molar-refractivity contribution in [1.82, 2.24) is 30.1 Å². The zero-order chi connectivity index (χ0) is 25.5. The lowest BCUT2D eigenvalue weighted by atomic mass is 10.1. The van der Waals surface area contributed by atoms with Gasteiger partial charge >= 0.3 is 0 Å². The summed E-state index contributed by atoms with van der Waals surface area (Å²) in [6.07, 6.45) is 9.10. The summed E-state index contributed by atoms with van der Waals surface area (Å²) in [5.41, 5.74) is 6.34. The monoisotopic (exact) mass is 507 g/mol. The lowest BCUT2D eigenvalue weighted by molar-refractivity contribution is -0.115. The average molecular weight is 508 g/mol. The molecule has 37 heavy (non-hydrogen) atoms. The number of hydrogen-bond donors (Lipinski definition) is 3. The Bertz CT molecular complexity index is 1810. The van der Waals surface area contributed by atoms with Crippen molar-refractivity contribution in [2.24, 2.45) is 0 Å². The molecular formula is C27H21N7O2S. The first-order valence-corrected chi connectivity index (χ1v) is 12.5. The number of carbonyl (C=O) groups is 2. The molecule has 182 valence electrons. The number of Topliss-reactive ketones (excluding diaryl/α,β-unsaturated/α-hetero) is 1. The highest BCUT2D eigenvalue weighted by atomic mass is 32.1. The van der Waals surface area contributed by atoms with Crippen LogP contribution < -0.4 is 5.32 Å². The van der Waals surface area contributed by atoms with Crippen molar-refractivity contribution in [1.29, 1.82) is 0 Å². The molecule has 6 aromatic rings. The summed E-state index contributed by atoms with van der Waals surface area (Å²) in [5.74, 6) is -0.0247. The largest absolute Gasteiger partial charge is 0.352 e. The van der Waals surface area contributed by atoms with Crippen molar-refractivity contribution >= 4 is 50.7 Å². The number of anilines is 1. The number of hydrogen-bond acceptors (Lipinski definition) is 7. The molecule has 0 bridgehead atoms. The van der Waals surface area contributed by atoms with E-state index in [2.05, 4.69) is 35.5 Å². The quantitative estimate of drug-likeness (QED) is 0.243. The van der Waals surface area contributed by atoms with Gasteiger partial charge in [-0.2, -0.15) is 5.10 Å². The van der Waals surface area contributed by atoms with E-state index in [1.165, 1.54) is 11.3 Å². The summed E-state index contributed by atoms with van der Waals surface area (Å²) in [4.78, 5) is 42.0. The van der Waals surface area contributed by atoms with Crippen LogP contribution in [0.5, 0.6) is 0 Å². The number of fused-ring (bicyclic) bond motifs is 2. The van der Waals surface area contributed by atoms with Gasteiger partial charge in [-0.25, -0.2) is 4.98 Å². The van der Waals surface area contributed by atoms with Gasteiger partial charge in [-0.1, -0.05) is 6.92 Å². The van der Waals surface area contributed by atoms with Crippen LogP contribution in [0.1, 0.15) is 29.9 Å². The van der Waals surface area contributed by atoms with Gasteiger partial charge in [-0.05, 0) is 37.3 Å².